The number of rotatable bonds is 2. The summed E-state index contributed by atoms with van der Waals surface area (Å²) in [5.74, 6) is -1.04. The molecule has 42 valence electrons. The van der Waals surface area contributed by atoms with Crippen molar-refractivity contribution < 1.29 is 13.2 Å². The SMILES string of the molecule is FC=C(F)CCF. The van der Waals surface area contributed by atoms with Gasteiger partial charge in [0.15, 0.2) is 0 Å². The molecule has 0 atom stereocenters. The van der Waals surface area contributed by atoms with Gasteiger partial charge < -0.3 is 0 Å². The van der Waals surface area contributed by atoms with Gasteiger partial charge in [-0.25, -0.2) is 8.78 Å². The summed E-state index contributed by atoms with van der Waals surface area (Å²) in [6.07, 6.45) is -0.684. The normalized spacial score (nSPS) is 12.1. The molecule has 0 fully saturated rings. The highest BCUT2D eigenvalue weighted by atomic mass is 19.2. The number of hydrogen-bond donors (Lipinski definition) is 0. The minimum absolute atomic E-state index is 0.237. The summed E-state index contributed by atoms with van der Waals surface area (Å²) >= 11 is 0. The van der Waals surface area contributed by atoms with Crippen molar-refractivity contribution >= 4 is 0 Å². The van der Waals surface area contributed by atoms with Crippen molar-refractivity contribution in [1.82, 2.24) is 0 Å². The number of halogens is 3. The molecule has 0 bridgehead atoms. The summed E-state index contributed by atoms with van der Waals surface area (Å²) in [4.78, 5) is 0. The van der Waals surface area contributed by atoms with Gasteiger partial charge in [0.1, 0.15) is 12.2 Å². The number of hydrogen-bond acceptors (Lipinski definition) is 0. The van der Waals surface area contributed by atoms with Crippen molar-refractivity contribution in [3.8, 4) is 0 Å². The third-order valence-electron chi connectivity index (χ3n) is 0.452. The molecule has 0 N–H and O–H groups in total. The van der Waals surface area contributed by atoms with Gasteiger partial charge in [-0.3, -0.25) is 4.39 Å². The van der Waals surface area contributed by atoms with Gasteiger partial charge in [0.2, 0.25) is 0 Å². The summed E-state index contributed by atoms with van der Waals surface area (Å²) < 4.78 is 33.2. The van der Waals surface area contributed by atoms with Crippen LogP contribution < -0.4 is 0 Å². The van der Waals surface area contributed by atoms with Crippen LogP contribution in [0.4, 0.5) is 13.2 Å². The van der Waals surface area contributed by atoms with E-state index in [0.29, 0.717) is 0 Å². The van der Waals surface area contributed by atoms with Crippen LogP contribution in [-0.4, -0.2) is 6.67 Å². The summed E-state index contributed by atoms with van der Waals surface area (Å²) in [5.41, 5.74) is 0. The van der Waals surface area contributed by atoms with Gasteiger partial charge >= 0.3 is 0 Å². The van der Waals surface area contributed by atoms with Crippen LogP contribution in [-0.2, 0) is 0 Å². The lowest BCUT2D eigenvalue weighted by Gasteiger charge is -1.82. The van der Waals surface area contributed by atoms with E-state index < -0.39 is 18.9 Å². The average molecular weight is 110 g/mol. The van der Waals surface area contributed by atoms with Crippen LogP contribution in [0, 0.1) is 0 Å². The van der Waals surface area contributed by atoms with Gasteiger partial charge in [0, 0.05) is 6.42 Å². The Bertz CT molecular complexity index is 67.3. The van der Waals surface area contributed by atoms with Crippen molar-refractivity contribution in [2.45, 2.75) is 6.42 Å². The second kappa shape index (κ2) is 3.71. The maximum atomic E-state index is 11.4. The second-order valence-corrected chi connectivity index (χ2v) is 0.995. The highest BCUT2D eigenvalue weighted by Crippen LogP contribution is 2.01. The Hall–Kier alpha value is -0.470. The maximum absolute atomic E-state index is 11.4. The molecule has 3 heteroatoms. The zero-order valence-electron chi connectivity index (χ0n) is 3.63. The maximum Gasteiger partial charge on any atom is 0.131 e. The molecule has 0 aliphatic carbocycles. The largest absolute Gasteiger partial charge is 0.251 e. The zero-order chi connectivity index (χ0) is 5.70. The Kier molecular flexibility index (Phi) is 3.46. The molecule has 0 rings (SSSR count). The van der Waals surface area contributed by atoms with Crippen molar-refractivity contribution in [3.05, 3.63) is 12.2 Å². The lowest BCUT2D eigenvalue weighted by Crippen LogP contribution is -1.73. The molecule has 0 saturated heterocycles. The first-order chi connectivity index (χ1) is 3.31. The highest BCUT2D eigenvalue weighted by Gasteiger charge is 1.90. The van der Waals surface area contributed by atoms with Gasteiger partial charge in [-0.15, -0.1) is 0 Å². The molecule has 0 aromatic rings. The van der Waals surface area contributed by atoms with Gasteiger partial charge in [0.25, 0.3) is 0 Å². The fourth-order valence-electron chi connectivity index (χ4n) is 0.145. The third-order valence-corrected chi connectivity index (χ3v) is 0.452. The Morgan fingerprint density at radius 1 is 1.57 bits per heavy atom. The minimum atomic E-state index is -1.04. The first-order valence-electron chi connectivity index (χ1n) is 1.82. The molecule has 0 spiro atoms. The molecule has 0 unspecified atom stereocenters. The summed E-state index contributed by atoms with van der Waals surface area (Å²) in [6.45, 7) is -0.841. The predicted molar refractivity (Wildman–Crippen MR) is 20.9 cm³/mol. The fraction of sp³-hybridized carbons (Fsp3) is 0.500. The predicted octanol–water partition coefficient (Wildman–Crippen LogP) is 2.13. The zero-order valence-corrected chi connectivity index (χ0v) is 3.63. The molecular formula is C4H5F3. The van der Waals surface area contributed by atoms with E-state index >= 15 is 0 Å². The van der Waals surface area contributed by atoms with Crippen LogP contribution in [0.25, 0.3) is 0 Å². The number of alkyl halides is 1. The van der Waals surface area contributed by atoms with E-state index in [9.17, 15) is 13.2 Å². The molecule has 0 heterocycles. The summed E-state index contributed by atoms with van der Waals surface area (Å²) in [6, 6.07) is 0. The van der Waals surface area contributed by atoms with Crippen molar-refractivity contribution in [1.29, 1.82) is 0 Å². The van der Waals surface area contributed by atoms with E-state index in [1.54, 1.807) is 0 Å². The van der Waals surface area contributed by atoms with E-state index in [2.05, 4.69) is 0 Å². The van der Waals surface area contributed by atoms with Crippen molar-refractivity contribution in [2.75, 3.05) is 6.67 Å². The molecule has 0 amide bonds. The van der Waals surface area contributed by atoms with Crippen LogP contribution in [0.5, 0.6) is 0 Å². The second-order valence-electron chi connectivity index (χ2n) is 0.995. The van der Waals surface area contributed by atoms with Crippen LogP contribution in [0.3, 0.4) is 0 Å². The Labute approximate surface area is 39.6 Å². The summed E-state index contributed by atoms with van der Waals surface area (Å²) in [5, 5.41) is 0. The van der Waals surface area contributed by atoms with Gasteiger partial charge in [-0.1, -0.05) is 0 Å². The Morgan fingerprint density at radius 2 is 2.14 bits per heavy atom. The monoisotopic (exact) mass is 110 g/mol. The lowest BCUT2D eigenvalue weighted by atomic mass is 10.4. The topological polar surface area (TPSA) is 0 Å². The van der Waals surface area contributed by atoms with Crippen LogP contribution in [0.2, 0.25) is 0 Å². The molecule has 0 radical (unpaired) electrons. The number of allylic oxidation sites excluding steroid dienone is 1. The molecule has 0 aliphatic rings. The van der Waals surface area contributed by atoms with E-state index in [1.807, 2.05) is 0 Å². The Morgan fingerprint density at radius 3 is 2.29 bits per heavy atom. The van der Waals surface area contributed by atoms with Gasteiger partial charge in [0.05, 0.1) is 6.67 Å². The average Bonchev–Trinajstić information content (AvgIpc) is 1.68. The highest BCUT2D eigenvalue weighted by molar-refractivity contribution is 4.83. The van der Waals surface area contributed by atoms with Crippen molar-refractivity contribution in [2.24, 2.45) is 0 Å². The molecule has 7 heavy (non-hydrogen) atoms. The fourth-order valence-corrected chi connectivity index (χ4v) is 0.145. The van der Waals surface area contributed by atoms with E-state index in [0.717, 1.165) is 0 Å². The van der Waals surface area contributed by atoms with Crippen LogP contribution in [0.1, 0.15) is 6.42 Å². The molecule has 0 nitrogen and oxygen atoms in total. The minimum Gasteiger partial charge on any atom is -0.251 e. The third kappa shape index (κ3) is 3.36. The first kappa shape index (κ1) is 6.53. The molecule has 0 aromatic carbocycles. The van der Waals surface area contributed by atoms with Crippen molar-refractivity contribution in [3.63, 3.8) is 0 Å². The molecular weight excluding hydrogens is 105 g/mol. The van der Waals surface area contributed by atoms with Crippen LogP contribution >= 0.6 is 0 Å². The molecule has 0 saturated carbocycles. The van der Waals surface area contributed by atoms with E-state index in [1.165, 1.54) is 0 Å². The molecule has 0 aromatic heterocycles. The van der Waals surface area contributed by atoms with Gasteiger partial charge in [-0.05, 0) is 0 Å². The Balaban J connectivity index is 3.17. The smallest absolute Gasteiger partial charge is 0.131 e. The first-order valence-corrected chi connectivity index (χ1v) is 1.82. The van der Waals surface area contributed by atoms with E-state index in [-0.39, 0.29) is 6.33 Å². The van der Waals surface area contributed by atoms with E-state index in [4.69, 9.17) is 0 Å². The van der Waals surface area contributed by atoms with Gasteiger partial charge in [-0.2, -0.15) is 0 Å². The quantitative estimate of drug-likeness (QED) is 0.510. The van der Waals surface area contributed by atoms with Crippen LogP contribution in [0.15, 0.2) is 12.2 Å². The standard InChI is InChI=1S/C4H5F3/c5-2-1-4(7)3-6/h3H,1-2H2. The molecule has 0 aliphatic heterocycles. The lowest BCUT2D eigenvalue weighted by molar-refractivity contribution is 0.446. The summed E-state index contributed by atoms with van der Waals surface area (Å²) in [7, 11) is 0.